The smallest absolute Gasteiger partial charge is 0.163 e. The number of fused-ring (bicyclic) bond motifs is 1. The summed E-state index contributed by atoms with van der Waals surface area (Å²) in [4.78, 5) is 0. The number of hydrogen-bond donors (Lipinski definition) is 1. The molecule has 0 saturated carbocycles. The topological polar surface area (TPSA) is 25.2 Å². The van der Waals surface area contributed by atoms with Crippen molar-refractivity contribution in [3.05, 3.63) is 71.4 Å². The Morgan fingerprint density at radius 1 is 0.950 bits per heavy atom. The Balaban J connectivity index is 2.09. The van der Waals surface area contributed by atoms with Gasteiger partial charge in [0.2, 0.25) is 0 Å². The van der Waals surface area contributed by atoms with Crippen molar-refractivity contribution in [1.82, 2.24) is 4.57 Å². The minimum absolute atomic E-state index is 0.0903. The lowest BCUT2D eigenvalue weighted by molar-refractivity contribution is 0.283. The molecule has 1 aromatic heterocycles. The molecule has 0 aliphatic rings. The molecular formula is C16H13F2NO. The van der Waals surface area contributed by atoms with E-state index in [1.54, 1.807) is 6.07 Å². The molecule has 0 radical (unpaired) electrons. The maximum atomic E-state index is 13.7. The van der Waals surface area contributed by atoms with Gasteiger partial charge in [-0.1, -0.05) is 30.3 Å². The zero-order valence-electron chi connectivity index (χ0n) is 10.7. The molecule has 0 unspecified atom stereocenters. The minimum Gasteiger partial charge on any atom is -0.392 e. The molecule has 0 bridgehead atoms. The Bertz CT molecular complexity index is 764. The molecule has 0 atom stereocenters. The van der Waals surface area contributed by atoms with Gasteiger partial charge in [-0.05, 0) is 17.5 Å². The van der Waals surface area contributed by atoms with Gasteiger partial charge in [0.1, 0.15) is 0 Å². The van der Waals surface area contributed by atoms with Gasteiger partial charge in [0.15, 0.2) is 11.6 Å². The van der Waals surface area contributed by atoms with Crippen molar-refractivity contribution in [2.24, 2.45) is 0 Å². The Labute approximate surface area is 114 Å². The van der Waals surface area contributed by atoms with E-state index in [4.69, 9.17) is 0 Å². The summed E-state index contributed by atoms with van der Waals surface area (Å²) in [6.45, 7) is 0.136. The van der Waals surface area contributed by atoms with Gasteiger partial charge in [0.25, 0.3) is 0 Å². The highest BCUT2D eigenvalue weighted by atomic mass is 19.2. The van der Waals surface area contributed by atoms with Crippen LogP contribution in [0, 0.1) is 11.6 Å². The Morgan fingerprint density at radius 3 is 2.50 bits per heavy atom. The fourth-order valence-corrected chi connectivity index (χ4v) is 2.45. The van der Waals surface area contributed by atoms with Crippen molar-refractivity contribution in [2.75, 3.05) is 0 Å². The molecule has 20 heavy (non-hydrogen) atoms. The third-order valence-corrected chi connectivity index (χ3v) is 3.41. The van der Waals surface area contributed by atoms with E-state index in [2.05, 4.69) is 0 Å². The van der Waals surface area contributed by atoms with Gasteiger partial charge < -0.3 is 9.67 Å². The summed E-state index contributed by atoms with van der Waals surface area (Å²) in [5.41, 5.74) is 1.90. The Kier molecular flexibility index (Phi) is 3.24. The predicted molar refractivity (Wildman–Crippen MR) is 73.3 cm³/mol. The van der Waals surface area contributed by atoms with Crippen LogP contribution in [0.3, 0.4) is 0 Å². The monoisotopic (exact) mass is 273 g/mol. The summed E-state index contributed by atoms with van der Waals surface area (Å²) >= 11 is 0. The third kappa shape index (κ3) is 2.08. The van der Waals surface area contributed by atoms with Crippen LogP contribution >= 0.6 is 0 Å². The van der Waals surface area contributed by atoms with E-state index in [0.717, 1.165) is 22.5 Å². The Morgan fingerprint density at radius 2 is 1.70 bits per heavy atom. The average molecular weight is 273 g/mol. The van der Waals surface area contributed by atoms with Gasteiger partial charge in [-0.3, -0.25) is 0 Å². The third-order valence-electron chi connectivity index (χ3n) is 3.41. The fourth-order valence-electron chi connectivity index (χ4n) is 2.45. The van der Waals surface area contributed by atoms with Gasteiger partial charge in [0.05, 0.1) is 18.7 Å². The first kappa shape index (κ1) is 12.8. The number of para-hydroxylation sites is 1. The molecule has 3 aromatic rings. The SMILES string of the molecule is OCc1cccc2ccn(Cc3cccc(F)c3F)c12. The van der Waals surface area contributed by atoms with Crippen LogP contribution in [0.1, 0.15) is 11.1 Å². The second-order valence-electron chi connectivity index (χ2n) is 4.67. The fraction of sp³-hybridized carbons (Fsp3) is 0.125. The number of aliphatic hydroxyl groups excluding tert-OH is 1. The molecule has 2 nitrogen and oxygen atoms in total. The van der Waals surface area contributed by atoms with E-state index in [9.17, 15) is 13.9 Å². The van der Waals surface area contributed by atoms with Crippen LogP contribution in [0.2, 0.25) is 0 Å². The lowest BCUT2D eigenvalue weighted by Crippen LogP contribution is -2.03. The van der Waals surface area contributed by atoms with Gasteiger partial charge >= 0.3 is 0 Å². The molecule has 2 aromatic carbocycles. The second-order valence-corrected chi connectivity index (χ2v) is 4.67. The minimum atomic E-state index is -0.846. The molecule has 0 aliphatic carbocycles. The standard InChI is InChI=1S/C16H13F2NO/c17-14-6-2-4-12(15(14)18)9-19-8-7-11-3-1-5-13(10-20)16(11)19/h1-8,20H,9-10H2. The highest BCUT2D eigenvalue weighted by Crippen LogP contribution is 2.22. The molecule has 1 heterocycles. The zero-order chi connectivity index (χ0) is 14.1. The first-order valence-electron chi connectivity index (χ1n) is 6.31. The molecule has 0 spiro atoms. The van der Waals surface area contributed by atoms with E-state index in [-0.39, 0.29) is 18.7 Å². The quantitative estimate of drug-likeness (QED) is 0.776. The normalized spacial score (nSPS) is 11.2. The first-order valence-corrected chi connectivity index (χ1v) is 6.31. The summed E-state index contributed by atoms with van der Waals surface area (Å²) < 4.78 is 28.8. The molecule has 0 saturated heterocycles. The number of aliphatic hydroxyl groups is 1. The van der Waals surface area contributed by atoms with Gasteiger partial charge in [-0.25, -0.2) is 8.78 Å². The van der Waals surface area contributed by atoms with Gasteiger partial charge in [0, 0.05) is 17.3 Å². The molecular weight excluding hydrogens is 260 g/mol. The highest BCUT2D eigenvalue weighted by Gasteiger charge is 2.11. The maximum absolute atomic E-state index is 13.7. The van der Waals surface area contributed by atoms with Crippen LogP contribution in [-0.4, -0.2) is 9.67 Å². The van der Waals surface area contributed by atoms with Crippen LogP contribution in [0.5, 0.6) is 0 Å². The van der Waals surface area contributed by atoms with E-state index >= 15 is 0 Å². The van der Waals surface area contributed by atoms with E-state index in [1.807, 2.05) is 35.0 Å². The van der Waals surface area contributed by atoms with Crippen LogP contribution in [0.25, 0.3) is 10.9 Å². The zero-order valence-corrected chi connectivity index (χ0v) is 10.7. The molecule has 0 amide bonds. The number of halogens is 2. The van der Waals surface area contributed by atoms with Crippen molar-refractivity contribution in [3.63, 3.8) is 0 Å². The number of nitrogens with zero attached hydrogens (tertiary/aromatic N) is 1. The van der Waals surface area contributed by atoms with E-state index in [1.165, 1.54) is 6.07 Å². The largest absolute Gasteiger partial charge is 0.392 e. The van der Waals surface area contributed by atoms with Crippen molar-refractivity contribution < 1.29 is 13.9 Å². The molecule has 3 rings (SSSR count). The molecule has 4 heteroatoms. The summed E-state index contributed by atoms with van der Waals surface area (Å²) in [7, 11) is 0. The summed E-state index contributed by atoms with van der Waals surface area (Å²) in [6.07, 6.45) is 1.81. The van der Waals surface area contributed by atoms with Crippen molar-refractivity contribution in [3.8, 4) is 0 Å². The van der Waals surface area contributed by atoms with Crippen molar-refractivity contribution >= 4 is 10.9 Å². The van der Waals surface area contributed by atoms with E-state index < -0.39 is 11.6 Å². The van der Waals surface area contributed by atoms with Crippen LogP contribution < -0.4 is 0 Å². The summed E-state index contributed by atoms with van der Waals surface area (Å²) in [6, 6.07) is 11.7. The average Bonchev–Trinajstić information content (AvgIpc) is 2.87. The lowest BCUT2D eigenvalue weighted by Gasteiger charge is -2.09. The number of aromatic nitrogens is 1. The van der Waals surface area contributed by atoms with E-state index in [0.29, 0.717) is 0 Å². The van der Waals surface area contributed by atoms with Crippen molar-refractivity contribution in [2.45, 2.75) is 13.2 Å². The van der Waals surface area contributed by atoms with Crippen LogP contribution in [-0.2, 0) is 13.2 Å². The van der Waals surface area contributed by atoms with Crippen LogP contribution in [0.15, 0.2) is 48.7 Å². The molecule has 0 aliphatic heterocycles. The predicted octanol–water partition coefficient (Wildman–Crippen LogP) is 3.46. The molecule has 0 fully saturated rings. The molecule has 1 N–H and O–H groups in total. The van der Waals surface area contributed by atoms with Crippen molar-refractivity contribution in [1.29, 1.82) is 0 Å². The van der Waals surface area contributed by atoms with Gasteiger partial charge in [-0.15, -0.1) is 0 Å². The number of benzene rings is 2. The lowest BCUT2D eigenvalue weighted by atomic mass is 10.1. The first-order chi connectivity index (χ1) is 9.70. The highest BCUT2D eigenvalue weighted by molar-refractivity contribution is 5.83. The maximum Gasteiger partial charge on any atom is 0.163 e. The number of rotatable bonds is 3. The summed E-state index contributed by atoms with van der Waals surface area (Å²) in [5.74, 6) is -1.67. The van der Waals surface area contributed by atoms with Gasteiger partial charge in [-0.2, -0.15) is 0 Å². The summed E-state index contributed by atoms with van der Waals surface area (Å²) in [5, 5.41) is 10.4. The second kappa shape index (κ2) is 5.06. The van der Waals surface area contributed by atoms with Crippen LogP contribution in [0.4, 0.5) is 8.78 Å². The Hall–Kier alpha value is -2.20. The molecule has 102 valence electrons. The number of hydrogen-bond acceptors (Lipinski definition) is 1.